The van der Waals surface area contributed by atoms with E-state index in [1.807, 2.05) is 0 Å². The third-order valence-electron chi connectivity index (χ3n) is 1.95. The monoisotopic (exact) mass is 331 g/mol. The minimum Gasteiger partial charge on any atom is -0.467 e. The van der Waals surface area contributed by atoms with Gasteiger partial charge in [0, 0.05) is 6.20 Å². The molecule has 19 heavy (non-hydrogen) atoms. The van der Waals surface area contributed by atoms with E-state index in [2.05, 4.69) is 19.7 Å². The topological polar surface area (TPSA) is 47.9 Å². The zero-order chi connectivity index (χ0) is 14.2. The molecule has 0 spiro atoms. The van der Waals surface area contributed by atoms with E-state index in [1.54, 1.807) is 0 Å². The number of hydrogen-bond donors (Lipinski definition) is 0. The largest absolute Gasteiger partial charge is 0.467 e. The van der Waals surface area contributed by atoms with Crippen molar-refractivity contribution in [2.24, 2.45) is 0 Å². The summed E-state index contributed by atoms with van der Waals surface area (Å²) in [6.45, 7) is -1.52. The van der Waals surface area contributed by atoms with Crippen molar-refractivity contribution in [3.05, 3.63) is 21.7 Å². The average molecular weight is 332 g/mol. The highest BCUT2D eigenvalue weighted by Gasteiger charge is 2.29. The molecule has 0 fully saturated rings. The molecule has 0 bridgehead atoms. The van der Waals surface area contributed by atoms with Crippen LogP contribution in [0, 0.1) is 0 Å². The molecule has 0 aliphatic heterocycles. The Morgan fingerprint density at radius 3 is 2.47 bits per heavy atom. The van der Waals surface area contributed by atoms with E-state index in [4.69, 9.17) is 34.8 Å². The highest BCUT2D eigenvalue weighted by molar-refractivity contribution is 6.44. The first-order chi connectivity index (χ1) is 8.78. The van der Waals surface area contributed by atoms with Gasteiger partial charge in [0.1, 0.15) is 15.7 Å². The van der Waals surface area contributed by atoms with Crippen LogP contribution in [0.3, 0.4) is 0 Å². The van der Waals surface area contributed by atoms with Gasteiger partial charge in [-0.3, -0.25) is 0 Å². The third kappa shape index (κ3) is 3.29. The van der Waals surface area contributed by atoms with E-state index in [9.17, 15) is 13.2 Å². The SMILES string of the molecule is FC(F)(F)COc1nc(Cl)nc2c(Cl)c(Cl)ncc12. The lowest BCUT2D eigenvalue weighted by molar-refractivity contribution is -0.153. The van der Waals surface area contributed by atoms with Gasteiger partial charge in [-0.15, -0.1) is 0 Å². The number of pyridine rings is 1. The Bertz CT molecular complexity index is 635. The number of ether oxygens (including phenoxy) is 1. The van der Waals surface area contributed by atoms with Gasteiger partial charge in [0.2, 0.25) is 11.2 Å². The molecule has 10 heteroatoms. The van der Waals surface area contributed by atoms with Crippen molar-refractivity contribution in [2.75, 3.05) is 6.61 Å². The maximum absolute atomic E-state index is 12.1. The van der Waals surface area contributed by atoms with E-state index in [1.165, 1.54) is 0 Å². The Labute approximate surface area is 119 Å². The standard InChI is InChI=1S/C9H3Cl3F3N3O/c10-4-5-3(1-16-6(4)11)7(18-8(12)17-5)19-2-9(13,14)15/h1H,2H2. The van der Waals surface area contributed by atoms with Gasteiger partial charge in [0.25, 0.3) is 0 Å². The summed E-state index contributed by atoms with van der Waals surface area (Å²) in [6, 6.07) is 0. The Balaban J connectivity index is 2.52. The quantitative estimate of drug-likeness (QED) is 0.617. The van der Waals surface area contributed by atoms with E-state index >= 15 is 0 Å². The molecule has 2 rings (SSSR count). The van der Waals surface area contributed by atoms with E-state index in [-0.39, 0.29) is 32.2 Å². The van der Waals surface area contributed by atoms with Gasteiger partial charge in [-0.25, -0.2) is 9.97 Å². The Hall–Kier alpha value is -1.05. The third-order valence-corrected chi connectivity index (χ3v) is 2.86. The van der Waals surface area contributed by atoms with Crippen molar-refractivity contribution < 1.29 is 17.9 Å². The minimum absolute atomic E-state index is 0.0414. The van der Waals surface area contributed by atoms with Gasteiger partial charge >= 0.3 is 6.18 Å². The first-order valence-corrected chi connectivity index (χ1v) is 5.78. The molecule has 0 radical (unpaired) electrons. The summed E-state index contributed by atoms with van der Waals surface area (Å²) in [6.07, 6.45) is -3.35. The zero-order valence-electron chi connectivity index (χ0n) is 8.80. The van der Waals surface area contributed by atoms with Crippen molar-refractivity contribution in [2.45, 2.75) is 6.18 Å². The van der Waals surface area contributed by atoms with Crippen LogP contribution in [0.4, 0.5) is 13.2 Å². The van der Waals surface area contributed by atoms with E-state index < -0.39 is 12.8 Å². The van der Waals surface area contributed by atoms with E-state index in [0.29, 0.717) is 0 Å². The highest BCUT2D eigenvalue weighted by Crippen LogP contribution is 2.32. The second-order valence-corrected chi connectivity index (χ2v) is 4.40. The number of aromatic nitrogens is 3. The Kier molecular flexibility index (Phi) is 3.89. The van der Waals surface area contributed by atoms with Crippen LogP contribution in [0.25, 0.3) is 10.9 Å². The number of nitrogens with zero attached hydrogens (tertiary/aromatic N) is 3. The molecule has 0 N–H and O–H groups in total. The van der Waals surface area contributed by atoms with Gasteiger partial charge < -0.3 is 4.74 Å². The molecule has 0 saturated heterocycles. The van der Waals surface area contributed by atoms with Crippen molar-refractivity contribution in [3.8, 4) is 5.88 Å². The van der Waals surface area contributed by atoms with Crippen molar-refractivity contribution in [1.29, 1.82) is 0 Å². The summed E-state index contributed by atoms with van der Waals surface area (Å²) in [7, 11) is 0. The Morgan fingerprint density at radius 1 is 1.16 bits per heavy atom. The van der Waals surface area contributed by atoms with E-state index in [0.717, 1.165) is 6.20 Å². The normalized spacial score (nSPS) is 11.9. The van der Waals surface area contributed by atoms with Gasteiger partial charge in [-0.05, 0) is 11.6 Å². The molecule has 2 aromatic heterocycles. The van der Waals surface area contributed by atoms with Crippen LogP contribution in [-0.2, 0) is 0 Å². The zero-order valence-corrected chi connectivity index (χ0v) is 11.1. The van der Waals surface area contributed by atoms with Crippen molar-refractivity contribution in [1.82, 2.24) is 15.0 Å². The smallest absolute Gasteiger partial charge is 0.422 e. The summed E-state index contributed by atoms with van der Waals surface area (Å²) in [5.41, 5.74) is 0.0684. The molecule has 0 aliphatic carbocycles. The average Bonchev–Trinajstić information content (AvgIpc) is 2.30. The van der Waals surface area contributed by atoms with Crippen LogP contribution in [0.1, 0.15) is 0 Å². The molecule has 2 aromatic rings. The minimum atomic E-state index is -4.51. The maximum Gasteiger partial charge on any atom is 0.422 e. The molecule has 0 saturated carbocycles. The number of halogens is 6. The van der Waals surface area contributed by atoms with Crippen LogP contribution in [0.2, 0.25) is 15.5 Å². The maximum atomic E-state index is 12.1. The molecule has 0 aliphatic rings. The molecule has 4 nitrogen and oxygen atoms in total. The molecular formula is C9H3Cl3F3N3O. The predicted molar refractivity (Wildman–Crippen MR) is 63.9 cm³/mol. The first kappa shape index (κ1) is 14.4. The van der Waals surface area contributed by atoms with Gasteiger partial charge in [0.05, 0.1) is 5.39 Å². The molecule has 102 valence electrons. The van der Waals surface area contributed by atoms with Crippen molar-refractivity contribution in [3.63, 3.8) is 0 Å². The number of rotatable bonds is 2. The highest BCUT2D eigenvalue weighted by atomic mass is 35.5. The van der Waals surface area contributed by atoms with Gasteiger partial charge in [0.15, 0.2) is 6.61 Å². The molecule has 0 amide bonds. The fourth-order valence-electron chi connectivity index (χ4n) is 1.24. The summed E-state index contributed by atoms with van der Waals surface area (Å²) in [5.74, 6) is -0.363. The lowest BCUT2D eigenvalue weighted by Gasteiger charge is -2.11. The number of hydrogen-bond acceptors (Lipinski definition) is 4. The molecular weight excluding hydrogens is 329 g/mol. The summed E-state index contributed by atoms with van der Waals surface area (Å²) in [4.78, 5) is 11.0. The van der Waals surface area contributed by atoms with Crippen LogP contribution in [0.5, 0.6) is 5.88 Å². The fourth-order valence-corrected chi connectivity index (χ4v) is 1.73. The predicted octanol–water partition coefficient (Wildman–Crippen LogP) is 3.93. The van der Waals surface area contributed by atoms with Crippen LogP contribution >= 0.6 is 34.8 Å². The van der Waals surface area contributed by atoms with Crippen LogP contribution < -0.4 is 4.74 Å². The summed E-state index contributed by atoms with van der Waals surface area (Å²) >= 11 is 17.1. The summed E-state index contributed by atoms with van der Waals surface area (Å²) in [5, 5.41) is -0.317. The Morgan fingerprint density at radius 2 is 1.84 bits per heavy atom. The second-order valence-electron chi connectivity index (χ2n) is 3.33. The molecule has 2 heterocycles. The van der Waals surface area contributed by atoms with Crippen molar-refractivity contribution >= 4 is 45.7 Å². The van der Waals surface area contributed by atoms with Crippen LogP contribution in [-0.4, -0.2) is 27.7 Å². The molecule has 0 unspecified atom stereocenters. The van der Waals surface area contributed by atoms with Crippen LogP contribution in [0.15, 0.2) is 6.20 Å². The second kappa shape index (κ2) is 5.15. The fraction of sp³-hybridized carbons (Fsp3) is 0.222. The first-order valence-electron chi connectivity index (χ1n) is 4.65. The van der Waals surface area contributed by atoms with Gasteiger partial charge in [-0.2, -0.15) is 18.2 Å². The lowest BCUT2D eigenvalue weighted by Crippen LogP contribution is -2.20. The molecule has 0 aromatic carbocycles. The molecule has 0 atom stereocenters. The summed E-state index contributed by atoms with van der Waals surface area (Å²) < 4.78 is 40.9. The number of alkyl halides is 3. The number of fused-ring (bicyclic) bond motifs is 1. The van der Waals surface area contributed by atoms with Gasteiger partial charge in [-0.1, -0.05) is 23.2 Å². The lowest BCUT2D eigenvalue weighted by atomic mass is 10.3.